The minimum atomic E-state index is -4.09. The Bertz CT molecular complexity index is 1110. The molecule has 2 aromatic carbocycles. The molecule has 1 heterocycles. The first-order chi connectivity index (χ1) is 13.9. The van der Waals surface area contributed by atoms with Crippen LogP contribution in [0.2, 0.25) is 0 Å². The molecule has 0 radical (unpaired) electrons. The smallest absolute Gasteiger partial charge is 0.448 e. The molecular formula is C19H19NO8S. The predicted molar refractivity (Wildman–Crippen MR) is 104 cm³/mol. The lowest BCUT2D eigenvalue weighted by molar-refractivity contribution is -0.136. The van der Waals surface area contributed by atoms with Gasteiger partial charge in [-0.2, -0.15) is 8.42 Å². The van der Waals surface area contributed by atoms with Crippen LogP contribution >= 0.6 is 0 Å². The highest BCUT2D eigenvalue weighted by Crippen LogP contribution is 2.24. The number of aromatic amines is 1. The lowest BCUT2D eigenvalue weighted by atomic mass is 10.1. The monoisotopic (exact) mass is 421 g/mol. The SMILES string of the molecule is COS(=O)(=O)Oc1cccc(OCCOc2ccc3[nH]cc(CC(=O)O)c3c2)c1. The van der Waals surface area contributed by atoms with Crippen LogP contribution in [0.25, 0.3) is 10.9 Å². The van der Waals surface area contributed by atoms with E-state index in [-0.39, 0.29) is 25.4 Å². The normalized spacial score (nSPS) is 11.3. The molecule has 3 aromatic rings. The Balaban J connectivity index is 1.56. The third kappa shape index (κ3) is 5.62. The molecule has 0 saturated carbocycles. The van der Waals surface area contributed by atoms with Gasteiger partial charge >= 0.3 is 16.4 Å². The van der Waals surface area contributed by atoms with Crippen LogP contribution < -0.4 is 13.7 Å². The molecular weight excluding hydrogens is 402 g/mol. The summed E-state index contributed by atoms with van der Waals surface area (Å²) >= 11 is 0. The third-order valence-corrected chi connectivity index (χ3v) is 4.71. The number of nitrogens with one attached hydrogen (secondary N) is 1. The van der Waals surface area contributed by atoms with Gasteiger partial charge in [-0.1, -0.05) is 6.07 Å². The van der Waals surface area contributed by atoms with E-state index in [4.69, 9.17) is 18.8 Å². The Morgan fingerprint density at radius 1 is 1.03 bits per heavy atom. The molecule has 1 aromatic heterocycles. The van der Waals surface area contributed by atoms with Gasteiger partial charge in [0, 0.05) is 23.2 Å². The van der Waals surface area contributed by atoms with Crippen molar-refractivity contribution in [3.63, 3.8) is 0 Å². The van der Waals surface area contributed by atoms with Crippen molar-refractivity contribution in [3.05, 3.63) is 54.2 Å². The van der Waals surface area contributed by atoms with Crippen LogP contribution in [0, 0.1) is 0 Å². The van der Waals surface area contributed by atoms with E-state index < -0.39 is 16.4 Å². The maximum Gasteiger partial charge on any atom is 0.448 e. The van der Waals surface area contributed by atoms with Crippen LogP contribution in [0.3, 0.4) is 0 Å². The number of benzene rings is 2. The second-order valence-electron chi connectivity index (χ2n) is 5.92. The van der Waals surface area contributed by atoms with Gasteiger partial charge in [-0.3, -0.25) is 4.79 Å². The first-order valence-corrected chi connectivity index (χ1v) is 9.87. The third-order valence-electron chi connectivity index (χ3n) is 3.91. The number of carboxylic acids is 1. The van der Waals surface area contributed by atoms with Crippen LogP contribution in [-0.4, -0.2) is 44.8 Å². The van der Waals surface area contributed by atoms with E-state index in [0.29, 0.717) is 17.1 Å². The summed E-state index contributed by atoms with van der Waals surface area (Å²) in [4.78, 5) is 14.0. The summed E-state index contributed by atoms with van der Waals surface area (Å²) in [5.74, 6) is 0.141. The quantitative estimate of drug-likeness (QED) is 0.479. The van der Waals surface area contributed by atoms with E-state index in [9.17, 15) is 13.2 Å². The number of carbonyl (C=O) groups is 1. The Morgan fingerprint density at radius 3 is 2.41 bits per heavy atom. The number of carboxylic acid groups (broad SMARTS) is 1. The van der Waals surface area contributed by atoms with E-state index in [1.54, 1.807) is 30.5 Å². The zero-order valence-corrected chi connectivity index (χ0v) is 16.3. The molecule has 0 unspecified atom stereocenters. The van der Waals surface area contributed by atoms with Crippen LogP contribution in [0.4, 0.5) is 0 Å². The Morgan fingerprint density at radius 2 is 1.72 bits per heavy atom. The van der Waals surface area contributed by atoms with Gasteiger partial charge < -0.3 is 23.7 Å². The summed E-state index contributed by atoms with van der Waals surface area (Å²) in [7, 11) is -3.09. The summed E-state index contributed by atoms with van der Waals surface area (Å²) in [6.07, 6.45) is 1.59. The summed E-state index contributed by atoms with van der Waals surface area (Å²) in [5, 5.41) is 9.77. The molecule has 0 amide bonds. The number of ether oxygens (including phenoxy) is 2. The van der Waals surface area contributed by atoms with Gasteiger partial charge in [0.2, 0.25) is 0 Å². The van der Waals surface area contributed by atoms with Crippen LogP contribution in [0.15, 0.2) is 48.7 Å². The lowest BCUT2D eigenvalue weighted by Gasteiger charge is -2.10. The number of hydrogen-bond donors (Lipinski definition) is 2. The highest BCUT2D eigenvalue weighted by molar-refractivity contribution is 7.82. The van der Waals surface area contributed by atoms with Gasteiger partial charge in [-0.05, 0) is 35.9 Å². The fourth-order valence-corrected chi connectivity index (χ4v) is 3.05. The average Bonchev–Trinajstić information content (AvgIpc) is 3.07. The zero-order valence-electron chi connectivity index (χ0n) is 15.5. The van der Waals surface area contributed by atoms with Crippen molar-refractivity contribution < 1.29 is 36.2 Å². The molecule has 0 fully saturated rings. The molecule has 0 aliphatic heterocycles. The van der Waals surface area contributed by atoms with Crippen molar-refractivity contribution in [1.29, 1.82) is 0 Å². The first-order valence-electron chi connectivity index (χ1n) is 8.54. The molecule has 0 spiro atoms. The van der Waals surface area contributed by atoms with Crippen molar-refractivity contribution in [1.82, 2.24) is 4.98 Å². The summed E-state index contributed by atoms with van der Waals surface area (Å²) < 4.78 is 42.8. The molecule has 0 aliphatic carbocycles. The lowest BCUT2D eigenvalue weighted by Crippen LogP contribution is -2.11. The van der Waals surface area contributed by atoms with E-state index in [1.165, 1.54) is 12.1 Å². The maximum absolute atomic E-state index is 11.3. The van der Waals surface area contributed by atoms with Crippen LogP contribution in [0.1, 0.15) is 5.56 Å². The zero-order chi connectivity index (χ0) is 20.9. The summed E-state index contributed by atoms with van der Waals surface area (Å²) in [6.45, 7) is 0.430. The molecule has 0 atom stereocenters. The van der Waals surface area contributed by atoms with Gasteiger partial charge in [0.25, 0.3) is 0 Å². The minimum absolute atomic E-state index is 0.0640. The van der Waals surface area contributed by atoms with Gasteiger partial charge in [0.05, 0.1) is 13.5 Å². The van der Waals surface area contributed by atoms with Gasteiger partial charge in [0.1, 0.15) is 30.5 Å². The highest BCUT2D eigenvalue weighted by atomic mass is 32.3. The minimum Gasteiger partial charge on any atom is -0.490 e. The summed E-state index contributed by atoms with van der Waals surface area (Å²) in [5.41, 5.74) is 1.50. The van der Waals surface area contributed by atoms with E-state index in [0.717, 1.165) is 18.0 Å². The molecule has 9 nitrogen and oxygen atoms in total. The molecule has 0 saturated heterocycles. The summed E-state index contributed by atoms with van der Waals surface area (Å²) in [6, 6.07) is 11.5. The van der Waals surface area contributed by atoms with Crippen LogP contribution in [0.5, 0.6) is 17.2 Å². The van der Waals surface area contributed by atoms with Gasteiger partial charge in [0.15, 0.2) is 0 Å². The Labute approximate surface area is 167 Å². The van der Waals surface area contributed by atoms with Crippen molar-refractivity contribution in [2.24, 2.45) is 0 Å². The highest BCUT2D eigenvalue weighted by Gasteiger charge is 2.11. The van der Waals surface area contributed by atoms with Crippen molar-refractivity contribution in [2.45, 2.75) is 6.42 Å². The Kier molecular flexibility index (Phi) is 6.25. The molecule has 3 rings (SSSR count). The van der Waals surface area contributed by atoms with Crippen molar-refractivity contribution >= 4 is 27.3 Å². The molecule has 2 N–H and O–H groups in total. The Hall–Kier alpha value is -3.24. The average molecular weight is 421 g/mol. The fourth-order valence-electron chi connectivity index (χ4n) is 2.64. The number of aliphatic carboxylic acids is 1. The van der Waals surface area contributed by atoms with Crippen molar-refractivity contribution in [3.8, 4) is 17.2 Å². The number of fused-ring (bicyclic) bond motifs is 1. The predicted octanol–water partition coefficient (Wildman–Crippen LogP) is 2.52. The van der Waals surface area contributed by atoms with Crippen LogP contribution in [-0.2, 0) is 25.8 Å². The standard InChI is InChI=1S/C19H19NO8S/c1-25-29(23,24)28-16-4-2-3-14(10-16)26-7-8-27-15-5-6-18-17(11-15)13(12-20-18)9-19(21)22/h2-6,10-12,20H,7-9H2,1H3,(H,21,22). The van der Waals surface area contributed by atoms with E-state index in [1.807, 2.05) is 6.07 Å². The van der Waals surface area contributed by atoms with Gasteiger partial charge in [-0.15, -0.1) is 0 Å². The molecule has 29 heavy (non-hydrogen) atoms. The topological polar surface area (TPSA) is 124 Å². The first kappa shape index (κ1) is 20.5. The van der Waals surface area contributed by atoms with E-state index >= 15 is 0 Å². The molecule has 0 bridgehead atoms. The van der Waals surface area contributed by atoms with Gasteiger partial charge in [-0.25, -0.2) is 4.18 Å². The molecule has 10 heteroatoms. The van der Waals surface area contributed by atoms with E-state index in [2.05, 4.69) is 9.17 Å². The fraction of sp³-hybridized carbons (Fsp3) is 0.211. The number of H-pyrrole nitrogens is 1. The second kappa shape index (κ2) is 8.84. The molecule has 154 valence electrons. The second-order valence-corrected chi connectivity index (χ2v) is 7.24. The number of rotatable bonds is 10. The maximum atomic E-state index is 11.3. The van der Waals surface area contributed by atoms with Crippen molar-refractivity contribution in [2.75, 3.05) is 20.3 Å². The molecule has 0 aliphatic rings. The largest absolute Gasteiger partial charge is 0.490 e. The number of hydrogen-bond acceptors (Lipinski definition) is 7. The number of aromatic nitrogens is 1.